The van der Waals surface area contributed by atoms with E-state index in [1.807, 2.05) is 11.8 Å². The van der Waals surface area contributed by atoms with Crippen molar-refractivity contribution in [2.75, 3.05) is 26.2 Å². The van der Waals surface area contributed by atoms with Crippen LogP contribution in [-0.4, -0.2) is 48.2 Å². The summed E-state index contributed by atoms with van der Waals surface area (Å²) in [5.74, 6) is 0. The number of likely N-dealkylation sites (tertiary alicyclic amines) is 1. The predicted octanol–water partition coefficient (Wildman–Crippen LogP) is 2.67. The highest BCUT2D eigenvalue weighted by Crippen LogP contribution is 2.24. The number of ether oxygens (including phenoxy) is 1. The summed E-state index contributed by atoms with van der Waals surface area (Å²) in [7, 11) is 0. The topological polar surface area (TPSA) is 32.8 Å². The molecular weight excluding hydrogens is 264 g/mol. The Morgan fingerprint density at radius 1 is 1.29 bits per heavy atom. The van der Waals surface area contributed by atoms with E-state index in [2.05, 4.69) is 29.2 Å². The molecule has 4 nitrogen and oxygen atoms in total. The van der Waals surface area contributed by atoms with Crippen LogP contribution in [0.5, 0.6) is 0 Å². The van der Waals surface area contributed by atoms with E-state index in [1.165, 1.54) is 24.0 Å². The third kappa shape index (κ3) is 3.21. The predicted molar refractivity (Wildman–Crippen MR) is 82.2 cm³/mol. The molecule has 1 saturated heterocycles. The number of hydrogen-bond donors (Lipinski definition) is 0. The zero-order valence-corrected chi connectivity index (χ0v) is 12.8. The van der Waals surface area contributed by atoms with Gasteiger partial charge in [0.05, 0.1) is 6.61 Å². The van der Waals surface area contributed by atoms with Crippen molar-refractivity contribution in [3.63, 3.8) is 0 Å². The SMILES string of the molecule is CCOC(=O)N1CCC(N2CCCc3ccccc3C2)C1. The normalized spacial score (nSPS) is 22.7. The van der Waals surface area contributed by atoms with Crippen molar-refractivity contribution in [1.82, 2.24) is 9.80 Å². The maximum atomic E-state index is 11.8. The van der Waals surface area contributed by atoms with Gasteiger partial charge in [-0.3, -0.25) is 4.90 Å². The lowest BCUT2D eigenvalue weighted by atomic mass is 10.0. The highest BCUT2D eigenvalue weighted by atomic mass is 16.6. The van der Waals surface area contributed by atoms with Crippen molar-refractivity contribution in [2.24, 2.45) is 0 Å². The zero-order valence-electron chi connectivity index (χ0n) is 12.8. The first-order valence-corrected chi connectivity index (χ1v) is 8.00. The second-order valence-corrected chi connectivity index (χ2v) is 5.93. The van der Waals surface area contributed by atoms with Crippen molar-refractivity contribution in [3.8, 4) is 0 Å². The molecule has 0 saturated carbocycles. The van der Waals surface area contributed by atoms with E-state index in [4.69, 9.17) is 4.74 Å². The molecule has 1 aromatic rings. The van der Waals surface area contributed by atoms with Crippen LogP contribution in [0.25, 0.3) is 0 Å². The molecule has 1 unspecified atom stereocenters. The van der Waals surface area contributed by atoms with E-state index >= 15 is 0 Å². The highest BCUT2D eigenvalue weighted by Gasteiger charge is 2.31. The highest BCUT2D eigenvalue weighted by molar-refractivity contribution is 5.68. The van der Waals surface area contributed by atoms with Gasteiger partial charge in [0.1, 0.15) is 0 Å². The molecule has 1 atom stereocenters. The molecule has 1 amide bonds. The van der Waals surface area contributed by atoms with Gasteiger partial charge in [0.25, 0.3) is 0 Å². The fraction of sp³-hybridized carbons (Fsp3) is 0.588. The van der Waals surface area contributed by atoms with Crippen LogP contribution in [0.4, 0.5) is 4.79 Å². The Morgan fingerprint density at radius 2 is 2.10 bits per heavy atom. The Balaban J connectivity index is 1.64. The Hall–Kier alpha value is -1.55. The lowest BCUT2D eigenvalue weighted by Gasteiger charge is -2.27. The molecule has 0 radical (unpaired) electrons. The van der Waals surface area contributed by atoms with Crippen molar-refractivity contribution < 1.29 is 9.53 Å². The number of hydrogen-bond acceptors (Lipinski definition) is 3. The van der Waals surface area contributed by atoms with E-state index in [-0.39, 0.29) is 6.09 Å². The maximum absolute atomic E-state index is 11.8. The van der Waals surface area contributed by atoms with Crippen LogP contribution in [0, 0.1) is 0 Å². The summed E-state index contributed by atoms with van der Waals surface area (Å²) in [5, 5.41) is 0. The summed E-state index contributed by atoms with van der Waals surface area (Å²) < 4.78 is 5.11. The molecule has 4 heteroatoms. The molecule has 0 spiro atoms. The Morgan fingerprint density at radius 3 is 2.90 bits per heavy atom. The van der Waals surface area contributed by atoms with Crippen molar-refractivity contribution in [3.05, 3.63) is 35.4 Å². The van der Waals surface area contributed by atoms with Gasteiger partial charge >= 0.3 is 6.09 Å². The molecule has 21 heavy (non-hydrogen) atoms. The minimum absolute atomic E-state index is 0.157. The summed E-state index contributed by atoms with van der Waals surface area (Å²) in [6.07, 6.45) is 3.27. The largest absolute Gasteiger partial charge is 0.450 e. The third-order valence-corrected chi connectivity index (χ3v) is 4.59. The fourth-order valence-corrected chi connectivity index (χ4v) is 3.46. The van der Waals surface area contributed by atoms with Gasteiger partial charge in [0, 0.05) is 25.7 Å². The van der Waals surface area contributed by atoms with Gasteiger partial charge in [0.2, 0.25) is 0 Å². The Kier molecular flexibility index (Phi) is 4.44. The van der Waals surface area contributed by atoms with Crippen molar-refractivity contribution in [2.45, 2.75) is 38.8 Å². The number of fused-ring (bicyclic) bond motifs is 1. The summed E-state index contributed by atoms with van der Waals surface area (Å²) in [6.45, 7) is 6.07. The fourth-order valence-electron chi connectivity index (χ4n) is 3.46. The van der Waals surface area contributed by atoms with Crippen LogP contribution < -0.4 is 0 Å². The molecule has 0 bridgehead atoms. The Bertz CT molecular complexity index is 503. The Labute approximate surface area is 126 Å². The molecule has 2 aliphatic heterocycles. The van der Waals surface area contributed by atoms with Gasteiger partial charge < -0.3 is 9.64 Å². The summed E-state index contributed by atoms with van der Waals surface area (Å²) in [6, 6.07) is 9.22. The van der Waals surface area contributed by atoms with Gasteiger partial charge in [-0.2, -0.15) is 0 Å². The van der Waals surface area contributed by atoms with Crippen LogP contribution in [0.15, 0.2) is 24.3 Å². The minimum Gasteiger partial charge on any atom is -0.450 e. The van der Waals surface area contributed by atoms with Crippen LogP contribution in [-0.2, 0) is 17.7 Å². The third-order valence-electron chi connectivity index (χ3n) is 4.59. The number of nitrogens with zero attached hydrogens (tertiary/aromatic N) is 2. The zero-order chi connectivity index (χ0) is 14.7. The van der Waals surface area contributed by atoms with E-state index in [0.717, 1.165) is 32.6 Å². The lowest BCUT2D eigenvalue weighted by Crippen LogP contribution is -2.38. The van der Waals surface area contributed by atoms with Gasteiger partial charge in [-0.1, -0.05) is 24.3 Å². The number of amides is 1. The number of aryl methyl sites for hydroxylation is 1. The molecule has 0 aliphatic carbocycles. The first kappa shape index (κ1) is 14.4. The van der Waals surface area contributed by atoms with E-state index in [0.29, 0.717) is 12.6 Å². The van der Waals surface area contributed by atoms with Crippen molar-refractivity contribution in [1.29, 1.82) is 0 Å². The summed E-state index contributed by atoms with van der Waals surface area (Å²) >= 11 is 0. The maximum Gasteiger partial charge on any atom is 0.409 e. The quantitative estimate of drug-likeness (QED) is 0.839. The second-order valence-electron chi connectivity index (χ2n) is 5.93. The van der Waals surface area contributed by atoms with Crippen LogP contribution in [0.1, 0.15) is 30.9 Å². The van der Waals surface area contributed by atoms with Gasteiger partial charge in [-0.25, -0.2) is 4.79 Å². The standard InChI is InChI=1S/C17H24N2O2/c1-2-21-17(20)19-11-9-16(13-19)18-10-5-8-14-6-3-4-7-15(14)12-18/h3-4,6-7,16H,2,5,8-13H2,1H3. The van der Waals surface area contributed by atoms with Crippen LogP contribution >= 0.6 is 0 Å². The lowest BCUT2D eigenvalue weighted by molar-refractivity contribution is 0.110. The molecule has 1 aromatic carbocycles. The summed E-state index contributed by atoms with van der Waals surface area (Å²) in [4.78, 5) is 16.2. The molecular formula is C17H24N2O2. The first-order valence-electron chi connectivity index (χ1n) is 8.00. The van der Waals surface area contributed by atoms with Crippen molar-refractivity contribution >= 4 is 6.09 Å². The summed E-state index contributed by atoms with van der Waals surface area (Å²) in [5.41, 5.74) is 2.94. The number of benzene rings is 1. The minimum atomic E-state index is -0.157. The molecule has 114 valence electrons. The molecule has 2 aliphatic rings. The number of carbonyl (C=O) groups excluding carboxylic acids is 1. The van der Waals surface area contributed by atoms with E-state index in [1.54, 1.807) is 0 Å². The van der Waals surface area contributed by atoms with Gasteiger partial charge in [-0.15, -0.1) is 0 Å². The monoisotopic (exact) mass is 288 g/mol. The van der Waals surface area contributed by atoms with Gasteiger partial charge in [0.15, 0.2) is 0 Å². The average Bonchev–Trinajstić information content (AvgIpc) is 2.88. The average molecular weight is 288 g/mol. The van der Waals surface area contributed by atoms with E-state index < -0.39 is 0 Å². The molecule has 1 fully saturated rings. The number of rotatable bonds is 2. The molecule has 0 aromatic heterocycles. The van der Waals surface area contributed by atoms with Gasteiger partial charge in [-0.05, 0) is 43.9 Å². The second kappa shape index (κ2) is 6.48. The van der Waals surface area contributed by atoms with Crippen LogP contribution in [0.2, 0.25) is 0 Å². The number of carbonyl (C=O) groups is 1. The molecule has 3 rings (SSSR count). The smallest absolute Gasteiger partial charge is 0.409 e. The molecule has 0 N–H and O–H groups in total. The first-order chi connectivity index (χ1) is 10.3. The molecule has 2 heterocycles. The van der Waals surface area contributed by atoms with E-state index in [9.17, 15) is 4.79 Å². The van der Waals surface area contributed by atoms with Crippen LogP contribution in [0.3, 0.4) is 0 Å².